The van der Waals surface area contributed by atoms with E-state index in [1.165, 1.54) is 26.0 Å². The Morgan fingerprint density at radius 2 is 1.82 bits per heavy atom. The first-order valence-electron chi connectivity index (χ1n) is 11.6. The van der Waals surface area contributed by atoms with Crippen molar-refractivity contribution in [1.29, 1.82) is 0 Å². The number of primary sulfonamides is 1. The van der Waals surface area contributed by atoms with Crippen LogP contribution in [0, 0.1) is 5.41 Å². The zero-order valence-corrected chi connectivity index (χ0v) is 22.5. The Morgan fingerprint density at radius 3 is 2.38 bits per heavy atom. The summed E-state index contributed by atoms with van der Waals surface area (Å²) >= 11 is 12.6. The van der Waals surface area contributed by atoms with E-state index in [1.54, 1.807) is 6.92 Å². The lowest BCUT2D eigenvalue weighted by Crippen LogP contribution is -2.54. The summed E-state index contributed by atoms with van der Waals surface area (Å²) in [6.07, 6.45) is 4.11. The van der Waals surface area contributed by atoms with Crippen LogP contribution in [0.2, 0.25) is 0 Å². The van der Waals surface area contributed by atoms with Crippen LogP contribution in [0.15, 0.2) is 21.8 Å². The van der Waals surface area contributed by atoms with Crippen LogP contribution in [0.4, 0.5) is 0 Å². The van der Waals surface area contributed by atoms with Gasteiger partial charge in [-0.3, -0.25) is 9.69 Å². The molecule has 0 aromatic rings. The number of likely N-dealkylation sites (tertiary alicyclic amines) is 1. The Kier molecular flexibility index (Phi) is 9.33. The maximum Gasteiger partial charge on any atom is 0.248 e. The number of amides is 1. The molecule has 1 aliphatic carbocycles. The normalized spacial score (nSPS) is 28.2. The molecule has 0 bridgehead atoms. The molecule has 2 N–H and O–H groups in total. The minimum absolute atomic E-state index is 0.0398. The second kappa shape index (κ2) is 11.5. The fourth-order valence-electron chi connectivity index (χ4n) is 4.94. The van der Waals surface area contributed by atoms with E-state index in [-0.39, 0.29) is 29.1 Å². The van der Waals surface area contributed by atoms with E-state index < -0.39 is 20.8 Å². The molecule has 2 saturated heterocycles. The highest BCUT2D eigenvalue weighted by Crippen LogP contribution is 2.47. The summed E-state index contributed by atoms with van der Waals surface area (Å²) in [7, 11) is -0.467. The van der Waals surface area contributed by atoms with Crippen molar-refractivity contribution >= 4 is 39.1 Å². The number of piperazine rings is 1. The van der Waals surface area contributed by atoms with E-state index in [1.807, 2.05) is 4.90 Å². The molecule has 12 heteroatoms. The van der Waals surface area contributed by atoms with Crippen molar-refractivity contribution in [3.63, 3.8) is 0 Å². The van der Waals surface area contributed by atoms with E-state index in [0.29, 0.717) is 31.3 Å². The predicted molar refractivity (Wildman–Crippen MR) is 133 cm³/mol. The molecule has 34 heavy (non-hydrogen) atoms. The Morgan fingerprint density at radius 1 is 1.21 bits per heavy atom. The van der Waals surface area contributed by atoms with Crippen molar-refractivity contribution in [2.24, 2.45) is 10.6 Å². The molecule has 2 unspecified atom stereocenters. The first-order valence-corrected chi connectivity index (χ1v) is 13.9. The van der Waals surface area contributed by atoms with Crippen LogP contribution in [-0.4, -0.2) is 107 Å². The van der Waals surface area contributed by atoms with Crippen LogP contribution in [0.5, 0.6) is 0 Å². The van der Waals surface area contributed by atoms with E-state index in [9.17, 15) is 13.2 Å². The second-order valence-corrected chi connectivity index (χ2v) is 11.9. The number of alkyl halides is 1. The molecule has 3 aliphatic rings. The molecule has 0 aromatic carbocycles. The number of methoxy groups -OCH3 is 1. The van der Waals surface area contributed by atoms with Crippen molar-refractivity contribution < 1.29 is 22.7 Å². The van der Waals surface area contributed by atoms with Crippen LogP contribution >= 0.6 is 23.2 Å². The third-order valence-corrected chi connectivity index (χ3v) is 9.56. The SMILES string of the molecule is COC1=CC(Cl)=C(S(N)(=O)=O)C(Cl)C1(C)CCOCC(=O)N1CCN(C2CCN(C)CC2)CC1. The molecule has 0 aromatic heterocycles. The van der Waals surface area contributed by atoms with Crippen LogP contribution in [0.1, 0.15) is 26.2 Å². The highest BCUT2D eigenvalue weighted by molar-refractivity contribution is 7.93. The lowest BCUT2D eigenvalue weighted by Gasteiger charge is -2.42. The zero-order chi connectivity index (χ0) is 25.1. The minimum atomic E-state index is -4.09. The quantitative estimate of drug-likeness (QED) is 0.369. The molecule has 2 aliphatic heterocycles. The monoisotopic (exact) mass is 538 g/mol. The van der Waals surface area contributed by atoms with Gasteiger partial charge in [0.05, 0.1) is 22.4 Å². The number of hydrogen-bond donors (Lipinski definition) is 1. The summed E-state index contributed by atoms with van der Waals surface area (Å²) in [5.74, 6) is 0.389. The lowest BCUT2D eigenvalue weighted by molar-refractivity contribution is -0.138. The maximum absolute atomic E-state index is 12.7. The van der Waals surface area contributed by atoms with Crippen LogP contribution in [0.3, 0.4) is 0 Å². The Hall–Kier alpha value is -0.880. The largest absolute Gasteiger partial charge is 0.500 e. The number of sulfonamides is 1. The van der Waals surface area contributed by atoms with Crippen LogP contribution < -0.4 is 5.14 Å². The Bertz CT molecular complexity index is 912. The molecule has 2 heterocycles. The predicted octanol–water partition coefficient (Wildman–Crippen LogP) is 1.53. The van der Waals surface area contributed by atoms with Gasteiger partial charge in [-0.2, -0.15) is 0 Å². The van der Waals surface area contributed by atoms with Crippen molar-refractivity contribution in [2.75, 3.05) is 66.6 Å². The Labute approximate surface area is 212 Å². The molecule has 9 nitrogen and oxygen atoms in total. The van der Waals surface area contributed by atoms with Gasteiger partial charge < -0.3 is 19.3 Å². The molecule has 2 fully saturated rings. The number of rotatable bonds is 8. The highest BCUT2D eigenvalue weighted by Gasteiger charge is 2.46. The summed E-state index contributed by atoms with van der Waals surface area (Å²) in [6.45, 7) is 7.35. The van der Waals surface area contributed by atoms with Gasteiger partial charge in [-0.1, -0.05) is 18.5 Å². The topological polar surface area (TPSA) is 105 Å². The number of hydrogen-bond acceptors (Lipinski definition) is 7. The number of piperidine rings is 1. The summed E-state index contributed by atoms with van der Waals surface area (Å²) in [5, 5.41) is 4.24. The first kappa shape index (κ1) is 27.7. The zero-order valence-electron chi connectivity index (χ0n) is 20.1. The second-order valence-electron chi connectivity index (χ2n) is 9.50. The van der Waals surface area contributed by atoms with Gasteiger partial charge in [0.2, 0.25) is 15.9 Å². The summed E-state index contributed by atoms with van der Waals surface area (Å²) in [5.41, 5.74) is -0.917. The van der Waals surface area contributed by atoms with Gasteiger partial charge >= 0.3 is 0 Å². The fraction of sp³-hybridized carbons (Fsp3) is 0.773. The van der Waals surface area contributed by atoms with Gasteiger partial charge in [-0.25, -0.2) is 13.6 Å². The smallest absolute Gasteiger partial charge is 0.248 e. The number of nitrogens with zero attached hydrogens (tertiary/aromatic N) is 3. The molecule has 194 valence electrons. The van der Waals surface area contributed by atoms with E-state index in [4.69, 9.17) is 37.8 Å². The average Bonchev–Trinajstić information content (AvgIpc) is 2.79. The third-order valence-electron chi connectivity index (χ3n) is 7.23. The molecule has 0 spiro atoms. The fourth-order valence-corrected chi connectivity index (χ4v) is 7.11. The van der Waals surface area contributed by atoms with Gasteiger partial charge in [0.15, 0.2) is 0 Å². The number of carbonyl (C=O) groups is 1. The minimum Gasteiger partial charge on any atom is -0.500 e. The lowest BCUT2D eigenvalue weighted by atomic mass is 9.78. The van der Waals surface area contributed by atoms with E-state index in [2.05, 4.69) is 16.8 Å². The molecule has 1 amide bonds. The third kappa shape index (κ3) is 6.27. The highest BCUT2D eigenvalue weighted by atomic mass is 35.5. The van der Waals surface area contributed by atoms with Crippen molar-refractivity contribution in [2.45, 2.75) is 37.6 Å². The molecule has 0 saturated carbocycles. The van der Waals surface area contributed by atoms with Crippen molar-refractivity contribution in [3.8, 4) is 0 Å². The first-order chi connectivity index (χ1) is 16.0. The number of nitrogens with two attached hydrogens (primary N) is 1. The number of ether oxygens (including phenoxy) is 2. The molecule has 2 atom stereocenters. The van der Waals surface area contributed by atoms with Crippen molar-refractivity contribution in [1.82, 2.24) is 14.7 Å². The van der Waals surface area contributed by atoms with E-state index in [0.717, 1.165) is 26.2 Å². The average molecular weight is 540 g/mol. The number of halogens is 2. The van der Waals surface area contributed by atoms with Gasteiger partial charge in [0.25, 0.3) is 0 Å². The van der Waals surface area contributed by atoms with Crippen molar-refractivity contribution in [3.05, 3.63) is 21.8 Å². The van der Waals surface area contributed by atoms with Gasteiger partial charge in [-0.15, -0.1) is 11.6 Å². The van der Waals surface area contributed by atoms with Crippen LogP contribution in [0.25, 0.3) is 0 Å². The van der Waals surface area contributed by atoms with Gasteiger partial charge in [0, 0.05) is 44.2 Å². The molecular weight excluding hydrogens is 503 g/mol. The van der Waals surface area contributed by atoms with E-state index >= 15 is 0 Å². The Balaban J connectivity index is 1.47. The van der Waals surface area contributed by atoms with Gasteiger partial charge in [0.1, 0.15) is 12.4 Å². The summed E-state index contributed by atoms with van der Waals surface area (Å²) in [4.78, 5) is 19.1. The maximum atomic E-state index is 12.7. The molecule has 0 radical (unpaired) electrons. The molecular formula is C22H36Cl2N4O5S. The number of carbonyl (C=O) groups excluding carboxylic acids is 1. The molecule has 3 rings (SSSR count). The van der Waals surface area contributed by atoms with Gasteiger partial charge in [-0.05, 0) is 45.5 Å². The number of allylic oxidation sites excluding steroid dienone is 4. The standard InChI is InChI=1S/C22H36Cl2N4O5S/c1-22(18(32-3)14-17(23)20(21(22)24)34(25,30)31)6-13-33-15-19(29)28-11-9-27(10-12-28)16-4-7-26(2)8-5-16/h14,16,21H,4-13,15H2,1-3H3,(H2,25,30,31). The summed E-state index contributed by atoms with van der Waals surface area (Å²) < 4.78 is 35.1. The summed E-state index contributed by atoms with van der Waals surface area (Å²) in [6, 6.07) is 0.609. The van der Waals surface area contributed by atoms with Crippen LogP contribution in [-0.2, 0) is 24.3 Å².